The van der Waals surface area contributed by atoms with Crippen LogP contribution in [0.25, 0.3) is 0 Å². The Morgan fingerprint density at radius 2 is 2.00 bits per heavy atom. The van der Waals surface area contributed by atoms with E-state index in [1.165, 1.54) is 0 Å². The van der Waals surface area contributed by atoms with Crippen molar-refractivity contribution < 1.29 is 4.79 Å². The first-order valence-electron chi connectivity index (χ1n) is 4.39. The van der Waals surface area contributed by atoms with Gasteiger partial charge in [0.25, 0.3) is 0 Å². The first-order chi connectivity index (χ1) is 5.58. The van der Waals surface area contributed by atoms with Crippen LogP contribution in [0, 0.1) is 0 Å². The van der Waals surface area contributed by atoms with Crippen molar-refractivity contribution in [3.8, 4) is 0 Å². The molecule has 70 valence electrons. The highest BCUT2D eigenvalue weighted by Crippen LogP contribution is 2.18. The quantitative estimate of drug-likeness (QED) is 0.576. The fourth-order valence-corrected chi connectivity index (χ4v) is 1.51. The lowest BCUT2D eigenvalue weighted by Gasteiger charge is -2.36. The Bertz CT molecular complexity index is 173. The largest absolute Gasteiger partial charge is 0.368 e. The molecule has 12 heavy (non-hydrogen) atoms. The van der Waals surface area contributed by atoms with E-state index >= 15 is 0 Å². The summed E-state index contributed by atoms with van der Waals surface area (Å²) in [5, 5.41) is 0. The molecule has 0 unspecified atom stereocenters. The zero-order valence-corrected chi connectivity index (χ0v) is 7.55. The summed E-state index contributed by atoms with van der Waals surface area (Å²) in [4.78, 5) is 13.2. The van der Waals surface area contributed by atoms with E-state index in [-0.39, 0.29) is 5.91 Å². The average Bonchev–Trinajstić information content (AvgIpc) is 2.06. The third-order valence-corrected chi connectivity index (χ3v) is 2.69. The Morgan fingerprint density at radius 1 is 1.50 bits per heavy atom. The lowest BCUT2D eigenvalue weighted by Crippen LogP contribution is -2.58. The summed E-state index contributed by atoms with van der Waals surface area (Å²) in [6.45, 7) is 4.90. The van der Waals surface area contributed by atoms with Crippen LogP contribution in [-0.4, -0.2) is 36.0 Å². The van der Waals surface area contributed by atoms with Gasteiger partial charge in [0.2, 0.25) is 5.91 Å². The van der Waals surface area contributed by atoms with Gasteiger partial charge in [-0.2, -0.15) is 0 Å². The van der Waals surface area contributed by atoms with E-state index in [0.717, 1.165) is 19.6 Å². The van der Waals surface area contributed by atoms with Crippen molar-refractivity contribution in [1.29, 1.82) is 0 Å². The molecule has 1 heterocycles. The third kappa shape index (κ3) is 1.76. The summed E-state index contributed by atoms with van der Waals surface area (Å²) in [7, 11) is 0. The van der Waals surface area contributed by atoms with E-state index in [0.29, 0.717) is 12.8 Å². The zero-order chi connectivity index (χ0) is 9.19. The van der Waals surface area contributed by atoms with Gasteiger partial charge >= 0.3 is 0 Å². The summed E-state index contributed by atoms with van der Waals surface area (Å²) in [6, 6.07) is 0. The molecule has 0 bridgehead atoms. The fourth-order valence-electron chi connectivity index (χ4n) is 1.51. The molecule has 0 saturated carbocycles. The van der Waals surface area contributed by atoms with Crippen LogP contribution in [0.3, 0.4) is 0 Å². The minimum Gasteiger partial charge on any atom is -0.368 e. The lowest BCUT2D eigenvalue weighted by molar-refractivity contribution is -0.124. The number of likely N-dealkylation sites (tertiary alicyclic amines) is 1. The number of hydrogen-bond donors (Lipinski definition) is 2. The second-order valence-electron chi connectivity index (χ2n) is 3.45. The van der Waals surface area contributed by atoms with Gasteiger partial charge in [0, 0.05) is 13.1 Å². The fraction of sp³-hybridized carbons (Fsp3) is 0.875. The maximum atomic E-state index is 10.9. The Kier molecular flexibility index (Phi) is 2.69. The number of amides is 1. The van der Waals surface area contributed by atoms with Crippen LogP contribution in [0.4, 0.5) is 0 Å². The summed E-state index contributed by atoms with van der Waals surface area (Å²) in [5.74, 6) is -0.363. The van der Waals surface area contributed by atoms with Crippen molar-refractivity contribution in [2.24, 2.45) is 11.5 Å². The minimum absolute atomic E-state index is 0.363. The van der Waals surface area contributed by atoms with Crippen LogP contribution in [0.5, 0.6) is 0 Å². The van der Waals surface area contributed by atoms with Gasteiger partial charge in [-0.25, -0.2) is 0 Å². The molecule has 4 N–H and O–H groups in total. The van der Waals surface area contributed by atoms with Crippen molar-refractivity contribution in [3.63, 3.8) is 0 Å². The maximum Gasteiger partial charge on any atom is 0.237 e. The SMILES string of the molecule is CCN1CCC(N)(C(N)=O)CC1. The van der Waals surface area contributed by atoms with E-state index in [9.17, 15) is 4.79 Å². The number of hydrogen-bond acceptors (Lipinski definition) is 3. The highest BCUT2D eigenvalue weighted by Gasteiger charge is 2.35. The highest BCUT2D eigenvalue weighted by molar-refractivity contribution is 5.84. The second kappa shape index (κ2) is 3.41. The topological polar surface area (TPSA) is 72.3 Å². The minimum atomic E-state index is -0.744. The van der Waals surface area contributed by atoms with Gasteiger partial charge in [-0.15, -0.1) is 0 Å². The normalized spacial score (nSPS) is 23.8. The molecular formula is C8H17N3O. The average molecular weight is 171 g/mol. The molecule has 0 atom stereocenters. The van der Waals surface area contributed by atoms with Crippen LogP contribution in [0.2, 0.25) is 0 Å². The van der Waals surface area contributed by atoms with E-state index in [4.69, 9.17) is 11.5 Å². The van der Waals surface area contributed by atoms with E-state index < -0.39 is 5.54 Å². The molecule has 4 nitrogen and oxygen atoms in total. The predicted octanol–water partition coefficient (Wildman–Crippen LogP) is -0.715. The Balaban J connectivity index is 2.49. The van der Waals surface area contributed by atoms with Gasteiger partial charge in [-0.05, 0) is 19.4 Å². The number of carbonyl (C=O) groups is 1. The monoisotopic (exact) mass is 171 g/mol. The summed E-state index contributed by atoms with van der Waals surface area (Å²) >= 11 is 0. The van der Waals surface area contributed by atoms with E-state index in [1.807, 2.05) is 0 Å². The van der Waals surface area contributed by atoms with Crippen molar-refractivity contribution in [2.75, 3.05) is 19.6 Å². The first kappa shape index (κ1) is 9.48. The van der Waals surface area contributed by atoms with E-state index in [2.05, 4.69) is 11.8 Å². The van der Waals surface area contributed by atoms with Crippen LogP contribution in [0.1, 0.15) is 19.8 Å². The number of rotatable bonds is 2. The molecule has 0 aromatic rings. The van der Waals surface area contributed by atoms with Crippen molar-refractivity contribution in [2.45, 2.75) is 25.3 Å². The molecule has 1 amide bonds. The third-order valence-electron chi connectivity index (χ3n) is 2.69. The Labute approximate surface area is 72.9 Å². The highest BCUT2D eigenvalue weighted by atomic mass is 16.1. The molecule has 0 aliphatic carbocycles. The number of piperidine rings is 1. The molecule has 1 saturated heterocycles. The van der Waals surface area contributed by atoms with Crippen molar-refractivity contribution in [1.82, 2.24) is 4.90 Å². The van der Waals surface area contributed by atoms with Crippen LogP contribution < -0.4 is 11.5 Å². The van der Waals surface area contributed by atoms with Gasteiger partial charge in [0.05, 0.1) is 5.54 Å². The molecule has 0 aromatic heterocycles. The number of nitrogens with two attached hydrogens (primary N) is 2. The second-order valence-corrected chi connectivity index (χ2v) is 3.45. The first-order valence-corrected chi connectivity index (χ1v) is 4.39. The van der Waals surface area contributed by atoms with Crippen molar-refractivity contribution in [3.05, 3.63) is 0 Å². The molecule has 0 spiro atoms. The molecule has 1 fully saturated rings. The van der Waals surface area contributed by atoms with Crippen LogP contribution in [-0.2, 0) is 4.79 Å². The Hall–Kier alpha value is -0.610. The maximum absolute atomic E-state index is 10.9. The molecule has 0 aromatic carbocycles. The van der Waals surface area contributed by atoms with Gasteiger partial charge < -0.3 is 16.4 Å². The molecular weight excluding hydrogens is 154 g/mol. The molecule has 0 radical (unpaired) electrons. The van der Waals surface area contributed by atoms with Crippen molar-refractivity contribution >= 4 is 5.91 Å². The predicted molar refractivity (Wildman–Crippen MR) is 47.5 cm³/mol. The number of nitrogens with zero attached hydrogens (tertiary/aromatic N) is 1. The number of primary amides is 1. The Morgan fingerprint density at radius 3 is 2.33 bits per heavy atom. The van der Waals surface area contributed by atoms with Gasteiger partial charge in [-0.1, -0.05) is 6.92 Å². The molecule has 1 aliphatic rings. The summed E-state index contributed by atoms with van der Waals surface area (Å²) in [6.07, 6.45) is 1.38. The van der Waals surface area contributed by atoms with Gasteiger partial charge in [0.15, 0.2) is 0 Å². The summed E-state index contributed by atoms with van der Waals surface area (Å²) < 4.78 is 0. The standard InChI is InChI=1S/C8H17N3O/c1-2-11-5-3-8(10,4-6-11)7(9)12/h2-6,10H2,1H3,(H2,9,12). The van der Waals surface area contributed by atoms with Crippen LogP contribution >= 0.6 is 0 Å². The van der Waals surface area contributed by atoms with E-state index in [1.54, 1.807) is 0 Å². The smallest absolute Gasteiger partial charge is 0.237 e. The van der Waals surface area contributed by atoms with Gasteiger partial charge in [-0.3, -0.25) is 4.79 Å². The lowest BCUT2D eigenvalue weighted by atomic mass is 9.88. The van der Waals surface area contributed by atoms with Crippen LogP contribution in [0.15, 0.2) is 0 Å². The molecule has 4 heteroatoms. The van der Waals surface area contributed by atoms with Gasteiger partial charge in [0.1, 0.15) is 0 Å². The molecule has 1 aliphatic heterocycles. The zero-order valence-electron chi connectivity index (χ0n) is 7.55. The summed E-state index contributed by atoms with van der Waals surface area (Å²) in [5.41, 5.74) is 10.3. The molecule has 1 rings (SSSR count). The number of carbonyl (C=O) groups excluding carboxylic acids is 1.